The van der Waals surface area contributed by atoms with E-state index in [9.17, 15) is 4.79 Å². The van der Waals surface area contributed by atoms with Crippen LogP contribution >= 0.6 is 0 Å². The Balaban J connectivity index is 1.25. The number of nitrogens with one attached hydrogen (secondary N) is 2. The molecule has 2 fully saturated rings. The second-order valence-corrected chi connectivity index (χ2v) is 7.94. The average molecular weight is 473 g/mol. The molecule has 2 aromatic rings. The normalized spacial score (nSPS) is 17.9. The van der Waals surface area contributed by atoms with Gasteiger partial charge in [-0.1, -0.05) is 0 Å². The van der Waals surface area contributed by atoms with Gasteiger partial charge in [0, 0.05) is 50.5 Å². The highest BCUT2D eigenvalue weighted by atomic mass is 16.7. The van der Waals surface area contributed by atoms with Crippen LogP contribution in [0.15, 0.2) is 24.3 Å². The predicted molar refractivity (Wildman–Crippen MR) is 123 cm³/mol. The Kier molecular flexibility index (Phi) is 7.08. The summed E-state index contributed by atoms with van der Waals surface area (Å²) in [6.45, 7) is 7.22. The Morgan fingerprint density at radius 3 is 2.53 bits per heavy atom. The molecule has 0 radical (unpaired) electrons. The Bertz CT molecular complexity index is 996. The van der Waals surface area contributed by atoms with E-state index in [1.54, 1.807) is 24.3 Å². The minimum atomic E-state index is -0.440. The lowest BCUT2D eigenvalue weighted by atomic mass is 10.3. The maximum Gasteiger partial charge on any atom is 0.324 e. The Labute approximate surface area is 197 Å². The number of ether oxygens (including phenoxy) is 5. The molecule has 0 bridgehead atoms. The smallest absolute Gasteiger partial charge is 0.324 e. The van der Waals surface area contributed by atoms with Crippen molar-refractivity contribution in [3.8, 4) is 17.5 Å². The summed E-state index contributed by atoms with van der Waals surface area (Å²) < 4.78 is 27.4. The summed E-state index contributed by atoms with van der Waals surface area (Å²) in [4.78, 5) is 26.0. The van der Waals surface area contributed by atoms with Crippen molar-refractivity contribution in [2.45, 2.75) is 0 Å². The zero-order valence-corrected chi connectivity index (χ0v) is 18.8. The predicted octanol–water partition coefficient (Wildman–Crippen LogP) is 1.40. The summed E-state index contributed by atoms with van der Waals surface area (Å²) in [5, 5.41) is 5.57. The zero-order valence-electron chi connectivity index (χ0n) is 18.8. The molecule has 34 heavy (non-hydrogen) atoms. The maximum absolute atomic E-state index is 12.7. The van der Waals surface area contributed by atoms with Gasteiger partial charge in [0.05, 0.1) is 26.4 Å². The van der Waals surface area contributed by atoms with E-state index in [1.807, 2.05) is 0 Å². The van der Waals surface area contributed by atoms with Gasteiger partial charge in [-0.25, -0.2) is 4.79 Å². The van der Waals surface area contributed by atoms with Gasteiger partial charge in [-0.15, -0.1) is 0 Å². The van der Waals surface area contributed by atoms with E-state index in [4.69, 9.17) is 23.7 Å². The molecule has 2 N–H and O–H groups in total. The summed E-state index contributed by atoms with van der Waals surface area (Å²) in [6, 6.07) is 6.72. The fourth-order valence-electron chi connectivity index (χ4n) is 3.84. The first-order valence-corrected chi connectivity index (χ1v) is 11.4. The standard InChI is InChI=1S/C22H28N6O6/c29-21(23-16-1-2-17-18(13-16)34-15-33-17)24-19-14-20(28-6-10-31-11-7-28)26-22(25-19)32-12-5-27-3-8-30-9-4-27/h1-2,13-14H,3-12,15H2,(H2,23,24,25,26,29). The first-order valence-electron chi connectivity index (χ1n) is 11.4. The van der Waals surface area contributed by atoms with Crippen molar-refractivity contribution in [2.24, 2.45) is 0 Å². The second-order valence-electron chi connectivity index (χ2n) is 7.94. The fourth-order valence-corrected chi connectivity index (χ4v) is 3.84. The van der Waals surface area contributed by atoms with E-state index in [2.05, 4.69) is 30.4 Å². The summed E-state index contributed by atoms with van der Waals surface area (Å²) in [5.41, 5.74) is 0.575. The minimum absolute atomic E-state index is 0.171. The Morgan fingerprint density at radius 1 is 0.941 bits per heavy atom. The van der Waals surface area contributed by atoms with Crippen LogP contribution in [-0.2, 0) is 9.47 Å². The number of hydrogen-bond donors (Lipinski definition) is 2. The van der Waals surface area contributed by atoms with Gasteiger partial charge in [-0.05, 0) is 12.1 Å². The molecule has 1 aromatic heterocycles. The highest BCUT2D eigenvalue weighted by molar-refractivity contribution is 5.99. The zero-order chi connectivity index (χ0) is 23.2. The van der Waals surface area contributed by atoms with E-state index in [0.717, 1.165) is 32.8 Å². The van der Waals surface area contributed by atoms with Crippen LogP contribution in [0.5, 0.6) is 17.5 Å². The molecule has 182 valence electrons. The van der Waals surface area contributed by atoms with Crippen molar-refractivity contribution >= 4 is 23.4 Å². The third-order valence-electron chi connectivity index (χ3n) is 5.64. The van der Waals surface area contributed by atoms with Gasteiger partial charge in [-0.3, -0.25) is 10.2 Å². The van der Waals surface area contributed by atoms with Crippen LogP contribution in [-0.4, -0.2) is 93.5 Å². The van der Waals surface area contributed by atoms with Crippen LogP contribution in [0.1, 0.15) is 0 Å². The SMILES string of the molecule is O=C(Nc1ccc2c(c1)OCO2)Nc1cc(N2CCOCC2)nc(OCCN2CCOCC2)n1. The first-order chi connectivity index (χ1) is 16.7. The number of urea groups is 1. The lowest BCUT2D eigenvalue weighted by Crippen LogP contribution is -2.39. The molecule has 0 saturated carbocycles. The molecule has 0 aliphatic carbocycles. The Morgan fingerprint density at radius 2 is 1.71 bits per heavy atom. The number of fused-ring (bicyclic) bond motifs is 1. The monoisotopic (exact) mass is 472 g/mol. The molecular formula is C22H28N6O6. The van der Waals surface area contributed by atoms with Crippen LogP contribution in [0, 0.1) is 0 Å². The van der Waals surface area contributed by atoms with Gasteiger partial charge < -0.3 is 33.9 Å². The van der Waals surface area contributed by atoms with Crippen molar-refractivity contribution in [3.63, 3.8) is 0 Å². The summed E-state index contributed by atoms with van der Waals surface area (Å²) in [6.07, 6.45) is 0. The number of anilines is 3. The summed E-state index contributed by atoms with van der Waals surface area (Å²) in [7, 11) is 0. The second kappa shape index (κ2) is 10.7. The highest BCUT2D eigenvalue weighted by Gasteiger charge is 2.18. The molecule has 4 heterocycles. The Hall–Kier alpha value is -3.35. The van der Waals surface area contributed by atoms with Gasteiger partial charge in [0.25, 0.3) is 0 Å². The van der Waals surface area contributed by atoms with Gasteiger partial charge in [0.1, 0.15) is 18.2 Å². The average Bonchev–Trinajstić information content (AvgIpc) is 3.33. The van der Waals surface area contributed by atoms with Crippen LogP contribution in [0.2, 0.25) is 0 Å². The largest absolute Gasteiger partial charge is 0.462 e. The molecule has 3 aliphatic heterocycles. The molecule has 0 unspecified atom stereocenters. The summed E-state index contributed by atoms with van der Waals surface area (Å²) >= 11 is 0. The molecule has 12 heteroatoms. The molecule has 3 aliphatic rings. The fraction of sp³-hybridized carbons (Fsp3) is 0.500. The molecular weight excluding hydrogens is 444 g/mol. The van der Waals surface area contributed by atoms with Crippen LogP contribution in [0.25, 0.3) is 0 Å². The molecule has 0 atom stereocenters. The number of morpholine rings is 2. The van der Waals surface area contributed by atoms with Gasteiger partial charge in [-0.2, -0.15) is 9.97 Å². The lowest BCUT2D eigenvalue weighted by Gasteiger charge is -2.28. The van der Waals surface area contributed by atoms with Gasteiger partial charge in [0.2, 0.25) is 6.79 Å². The van der Waals surface area contributed by atoms with Crippen molar-refractivity contribution < 1.29 is 28.5 Å². The van der Waals surface area contributed by atoms with Gasteiger partial charge >= 0.3 is 12.0 Å². The number of rotatable bonds is 7. The molecule has 12 nitrogen and oxygen atoms in total. The van der Waals surface area contributed by atoms with E-state index < -0.39 is 6.03 Å². The highest BCUT2D eigenvalue weighted by Crippen LogP contribution is 2.34. The number of carbonyl (C=O) groups is 1. The van der Waals surface area contributed by atoms with Crippen molar-refractivity contribution in [3.05, 3.63) is 24.3 Å². The van der Waals surface area contributed by atoms with E-state index in [-0.39, 0.29) is 12.8 Å². The maximum atomic E-state index is 12.7. The summed E-state index contributed by atoms with van der Waals surface area (Å²) in [5.74, 6) is 2.26. The van der Waals surface area contributed by atoms with Crippen molar-refractivity contribution in [1.82, 2.24) is 14.9 Å². The number of benzene rings is 1. The molecule has 0 spiro atoms. The van der Waals surface area contributed by atoms with Crippen LogP contribution in [0.4, 0.5) is 22.1 Å². The number of aromatic nitrogens is 2. The number of carbonyl (C=O) groups excluding carboxylic acids is 1. The lowest BCUT2D eigenvalue weighted by molar-refractivity contribution is 0.0317. The number of amides is 2. The minimum Gasteiger partial charge on any atom is -0.462 e. The van der Waals surface area contributed by atoms with E-state index in [1.165, 1.54) is 0 Å². The molecule has 2 amide bonds. The molecule has 5 rings (SSSR count). The molecule has 1 aromatic carbocycles. The van der Waals surface area contributed by atoms with Crippen molar-refractivity contribution in [1.29, 1.82) is 0 Å². The number of nitrogens with zero attached hydrogens (tertiary/aromatic N) is 4. The third-order valence-corrected chi connectivity index (χ3v) is 5.64. The third kappa shape index (κ3) is 5.76. The van der Waals surface area contributed by atoms with Crippen LogP contribution in [0.3, 0.4) is 0 Å². The topological polar surface area (TPSA) is 120 Å². The molecule has 2 saturated heterocycles. The van der Waals surface area contributed by atoms with Gasteiger partial charge in [0.15, 0.2) is 11.5 Å². The first kappa shape index (κ1) is 22.4. The van der Waals surface area contributed by atoms with E-state index in [0.29, 0.717) is 61.7 Å². The number of hydrogen-bond acceptors (Lipinski definition) is 10. The van der Waals surface area contributed by atoms with E-state index >= 15 is 0 Å². The van der Waals surface area contributed by atoms with Crippen molar-refractivity contribution in [2.75, 3.05) is 88.1 Å². The quantitative estimate of drug-likeness (QED) is 0.612. The van der Waals surface area contributed by atoms with Crippen LogP contribution < -0.4 is 29.7 Å².